The van der Waals surface area contributed by atoms with Crippen molar-refractivity contribution >= 4 is 58.8 Å². The number of ether oxygens (including phenoxy) is 4. The van der Waals surface area contributed by atoms with Gasteiger partial charge in [0.2, 0.25) is 0 Å². The molecule has 0 spiro atoms. The van der Waals surface area contributed by atoms with Gasteiger partial charge in [0.15, 0.2) is 18.3 Å². The maximum absolute atomic E-state index is 14.7. The van der Waals surface area contributed by atoms with Crippen LogP contribution >= 0.6 is 12.2 Å². The number of thiocarbonyl (C=S) groups is 1. The molecule has 376 valence electrons. The highest BCUT2D eigenvalue weighted by Gasteiger charge is 2.42. The molecule has 68 heavy (non-hydrogen) atoms. The smallest absolute Gasteiger partial charge is 0.329 e. The number of nitrogens with zero attached hydrogens (tertiary/aromatic N) is 4. The van der Waals surface area contributed by atoms with Crippen LogP contribution < -0.4 is 0 Å². The van der Waals surface area contributed by atoms with Crippen LogP contribution in [0.15, 0.2) is 60.7 Å². The summed E-state index contributed by atoms with van der Waals surface area (Å²) in [7, 11) is 5.87. The van der Waals surface area contributed by atoms with Crippen LogP contribution in [0.25, 0.3) is 0 Å². The second-order valence-corrected chi connectivity index (χ2v) is 20.2. The van der Waals surface area contributed by atoms with Gasteiger partial charge in [-0.1, -0.05) is 128 Å². The Hall–Kier alpha value is -5.38. The Morgan fingerprint density at radius 1 is 0.426 bits per heavy atom. The second-order valence-electron chi connectivity index (χ2n) is 19.8. The molecular weight excluding hydrogens is 889 g/mol. The van der Waals surface area contributed by atoms with Gasteiger partial charge in [-0.05, 0) is 74.3 Å². The van der Waals surface area contributed by atoms with Crippen LogP contribution in [0, 0.1) is 23.7 Å². The van der Waals surface area contributed by atoms with Crippen LogP contribution in [0.2, 0.25) is 0 Å². The van der Waals surface area contributed by atoms with Crippen LogP contribution in [0.4, 0.5) is 0 Å². The van der Waals surface area contributed by atoms with E-state index in [0.29, 0.717) is 11.1 Å². The third kappa shape index (κ3) is 16.4. The number of cyclic esters (lactones) is 4. The minimum Gasteiger partial charge on any atom is -0.454 e. The van der Waals surface area contributed by atoms with Crippen molar-refractivity contribution in [3.8, 4) is 0 Å². The number of hydrogen-bond donors (Lipinski definition) is 0. The van der Waals surface area contributed by atoms with Gasteiger partial charge < -0.3 is 38.5 Å². The fourth-order valence-electron chi connectivity index (χ4n) is 8.14. The second kappa shape index (κ2) is 26.4. The van der Waals surface area contributed by atoms with Gasteiger partial charge in [-0.3, -0.25) is 14.4 Å². The molecule has 16 heteroatoms. The number of esters is 4. The minimum absolute atomic E-state index is 0.0293. The lowest BCUT2D eigenvalue weighted by Gasteiger charge is -2.36. The molecule has 0 saturated carbocycles. The molecule has 1 aliphatic heterocycles. The predicted octanol–water partition coefficient (Wildman–Crippen LogP) is 6.47. The lowest BCUT2D eigenvalue weighted by Crippen LogP contribution is -2.54. The van der Waals surface area contributed by atoms with Crippen LogP contribution in [-0.4, -0.2) is 143 Å². The lowest BCUT2D eigenvalue weighted by molar-refractivity contribution is -0.174. The molecule has 1 heterocycles. The highest BCUT2D eigenvalue weighted by Crippen LogP contribution is 2.24. The van der Waals surface area contributed by atoms with E-state index in [0.717, 1.165) is 4.90 Å². The summed E-state index contributed by atoms with van der Waals surface area (Å²) in [6, 6.07) is 13.3. The average Bonchev–Trinajstić information content (AvgIpc) is 3.28. The monoisotopic (exact) mass is 965 g/mol. The van der Waals surface area contributed by atoms with E-state index in [2.05, 4.69) is 0 Å². The number of benzene rings is 2. The van der Waals surface area contributed by atoms with Crippen LogP contribution in [0.5, 0.6) is 0 Å². The quantitative estimate of drug-likeness (QED) is 0.129. The van der Waals surface area contributed by atoms with E-state index >= 15 is 0 Å². The van der Waals surface area contributed by atoms with E-state index in [1.54, 1.807) is 62.5 Å². The molecule has 0 radical (unpaired) electrons. The number of likely N-dealkylation sites (N-methyl/N-ethyl adjacent to an activating group) is 4. The van der Waals surface area contributed by atoms with E-state index in [-0.39, 0.29) is 67.2 Å². The van der Waals surface area contributed by atoms with Gasteiger partial charge in [0.05, 0.1) is 0 Å². The molecule has 0 aromatic heterocycles. The summed E-state index contributed by atoms with van der Waals surface area (Å²) < 4.78 is 24.1. The third-order valence-corrected chi connectivity index (χ3v) is 12.6. The molecule has 0 aliphatic carbocycles. The summed E-state index contributed by atoms with van der Waals surface area (Å²) in [6.45, 7) is 18.0. The Kier molecular flexibility index (Phi) is 22.1. The number of carbonyl (C=O) groups is 7. The highest BCUT2D eigenvalue weighted by atomic mass is 32.1. The fraction of sp³-hybridized carbons (Fsp3) is 0.615. The molecule has 1 fully saturated rings. The predicted molar refractivity (Wildman–Crippen MR) is 263 cm³/mol. The van der Waals surface area contributed by atoms with Gasteiger partial charge in [0.1, 0.15) is 35.3 Å². The molecule has 0 unspecified atom stereocenters. The van der Waals surface area contributed by atoms with Gasteiger partial charge in [-0.25, -0.2) is 19.2 Å². The molecule has 2 aromatic carbocycles. The standard InChI is InChI=1S/C52H76N4O11S/c1-31(2)25-39-49(60)64-35(9)45(57)53(11)41(27-33(5)6)51(62)66-43(29-37-21-17-15-18-22-37)46(58)55(13)40(26-32(3)4)50(61)65-36(10)48(68)56(14)42(28-34(7)8)52(63)67-44(47(59)54(39)12)30-38-23-19-16-20-24-38/h15-24,31-36,39-44H,25-30H2,1-14H3/t35-,36-,39+,40+,41+,42+,43-,44-/m0/s1. The summed E-state index contributed by atoms with van der Waals surface area (Å²) in [5.41, 5.74) is 1.37. The summed E-state index contributed by atoms with van der Waals surface area (Å²) in [5, 5.41) is 0. The van der Waals surface area contributed by atoms with Crippen LogP contribution in [0.1, 0.15) is 106 Å². The first-order chi connectivity index (χ1) is 31.8. The zero-order valence-corrected chi connectivity index (χ0v) is 43.4. The van der Waals surface area contributed by atoms with Crippen molar-refractivity contribution in [2.24, 2.45) is 23.7 Å². The molecule has 8 atom stereocenters. The molecule has 2 aromatic rings. The first kappa shape index (κ1) is 56.9. The summed E-state index contributed by atoms with van der Waals surface area (Å²) >= 11 is 5.89. The third-order valence-electron chi connectivity index (χ3n) is 12.0. The van der Waals surface area contributed by atoms with Crippen molar-refractivity contribution in [1.29, 1.82) is 0 Å². The molecule has 3 amide bonds. The van der Waals surface area contributed by atoms with Crippen LogP contribution in [0.3, 0.4) is 0 Å². The van der Waals surface area contributed by atoms with E-state index in [4.69, 9.17) is 31.2 Å². The number of hydrogen-bond acceptors (Lipinski definition) is 12. The van der Waals surface area contributed by atoms with E-state index < -0.39 is 90.2 Å². The molecular formula is C52H76N4O11S. The van der Waals surface area contributed by atoms with Crippen molar-refractivity contribution in [1.82, 2.24) is 19.6 Å². The largest absolute Gasteiger partial charge is 0.454 e. The molecule has 0 N–H and O–H groups in total. The summed E-state index contributed by atoms with van der Waals surface area (Å²) in [5.74, 6) is -5.76. The molecule has 3 rings (SSSR count). The first-order valence-corrected chi connectivity index (χ1v) is 24.2. The normalized spacial score (nSPS) is 25.2. The Morgan fingerprint density at radius 2 is 0.706 bits per heavy atom. The Morgan fingerprint density at radius 3 is 1.03 bits per heavy atom. The molecule has 0 bridgehead atoms. The van der Waals surface area contributed by atoms with Crippen LogP contribution in [-0.2, 0) is 65.4 Å². The molecule has 1 aliphatic rings. The lowest BCUT2D eigenvalue weighted by atomic mass is 10.00. The van der Waals surface area contributed by atoms with Crippen molar-refractivity contribution in [3.63, 3.8) is 0 Å². The fourth-order valence-corrected chi connectivity index (χ4v) is 8.31. The Labute approximate surface area is 409 Å². The molecule has 15 nitrogen and oxygen atoms in total. The summed E-state index contributed by atoms with van der Waals surface area (Å²) in [4.78, 5) is 106. The Bertz CT molecular complexity index is 1870. The van der Waals surface area contributed by atoms with Crippen molar-refractivity contribution in [3.05, 3.63) is 71.8 Å². The van der Waals surface area contributed by atoms with Crippen molar-refractivity contribution < 1.29 is 52.5 Å². The van der Waals surface area contributed by atoms with Crippen molar-refractivity contribution in [2.75, 3.05) is 28.2 Å². The zero-order chi connectivity index (χ0) is 51.2. The summed E-state index contributed by atoms with van der Waals surface area (Å²) in [6.07, 6.45) is -4.72. The minimum atomic E-state index is -1.43. The molecule has 1 saturated heterocycles. The topological polar surface area (TPSA) is 169 Å². The number of rotatable bonds is 12. The van der Waals surface area contributed by atoms with E-state index in [1.807, 2.05) is 67.5 Å². The van der Waals surface area contributed by atoms with Crippen molar-refractivity contribution in [2.45, 2.75) is 156 Å². The van der Waals surface area contributed by atoms with Gasteiger partial charge >= 0.3 is 23.9 Å². The average molecular weight is 965 g/mol. The van der Waals surface area contributed by atoms with Gasteiger partial charge in [-0.15, -0.1) is 0 Å². The highest BCUT2D eigenvalue weighted by molar-refractivity contribution is 7.80. The number of carbonyl (C=O) groups excluding carboxylic acids is 7. The van der Waals surface area contributed by atoms with E-state index in [9.17, 15) is 33.6 Å². The Balaban J connectivity index is 2.25. The maximum atomic E-state index is 14.7. The first-order valence-electron chi connectivity index (χ1n) is 23.8. The maximum Gasteiger partial charge on any atom is 0.329 e. The number of amides is 3. The van der Waals surface area contributed by atoms with Gasteiger partial charge in [-0.2, -0.15) is 0 Å². The zero-order valence-electron chi connectivity index (χ0n) is 42.6. The van der Waals surface area contributed by atoms with E-state index in [1.165, 1.54) is 42.8 Å². The van der Waals surface area contributed by atoms with Gasteiger partial charge in [0.25, 0.3) is 17.7 Å². The SMILES string of the molecule is CC(C)C[C@@H]1C(=O)O[C@@H](Cc2ccccc2)C(=O)N(C)[C@H](CC(C)C)C(=O)O[C@@H](C)C(=S)N(C)[C@H](CC(C)C)C(=O)O[C@@H](Cc2ccccc2)C(=O)N(C)[C@H](CC(C)C)C(=O)O[C@@H](C)C(=O)N1C. The van der Waals surface area contributed by atoms with Gasteiger partial charge in [0, 0.05) is 41.0 Å².